The van der Waals surface area contributed by atoms with Crippen LogP contribution in [-0.4, -0.2) is 39.3 Å². The Morgan fingerprint density at radius 1 is 0.897 bits per heavy atom. The second kappa shape index (κ2) is 8.90. The molecule has 0 atom stereocenters. The summed E-state index contributed by atoms with van der Waals surface area (Å²) in [5, 5.41) is 10.6. The third kappa shape index (κ3) is 3.88. The lowest BCUT2D eigenvalue weighted by atomic mass is 9.87. The number of aromatic hydroxyl groups is 1. The quantitative estimate of drug-likeness (QED) is 0.726. The fraction of sp³-hybridized carbons (Fsp3) is 0.348. The highest BCUT2D eigenvalue weighted by Gasteiger charge is 2.24. The molecule has 0 saturated carbocycles. The van der Waals surface area contributed by atoms with Gasteiger partial charge < -0.3 is 24.1 Å². The van der Waals surface area contributed by atoms with E-state index >= 15 is 0 Å². The molecule has 0 spiro atoms. The molecule has 0 fully saturated rings. The molecule has 1 aliphatic carbocycles. The molecule has 0 saturated heterocycles. The average Bonchev–Trinajstić information content (AvgIpc) is 2.73. The topological polar surface area (TPSA) is 74.2 Å². The fourth-order valence-electron chi connectivity index (χ4n) is 3.67. The number of benzene rings is 2. The Balaban J connectivity index is 2.13. The molecule has 1 aliphatic rings. The van der Waals surface area contributed by atoms with E-state index in [2.05, 4.69) is 0 Å². The predicted molar refractivity (Wildman–Crippen MR) is 111 cm³/mol. The third-order valence-corrected chi connectivity index (χ3v) is 5.16. The largest absolute Gasteiger partial charge is 0.504 e. The molecule has 2 aromatic carbocycles. The summed E-state index contributed by atoms with van der Waals surface area (Å²) in [5.41, 5.74) is 2.43. The number of Topliss-reactive ketones (excluding diaryl/α,β-unsaturated/α-hetero) is 1. The number of ketones is 1. The first-order valence-corrected chi connectivity index (χ1v) is 9.49. The van der Waals surface area contributed by atoms with Crippen LogP contribution >= 0.6 is 0 Å². The smallest absolute Gasteiger partial charge is 0.203 e. The van der Waals surface area contributed by atoms with E-state index in [1.54, 1.807) is 18.2 Å². The molecule has 0 amide bonds. The number of allylic oxidation sites excluding steroid dienone is 2. The molecule has 0 aliphatic heterocycles. The van der Waals surface area contributed by atoms with Gasteiger partial charge in [-0.25, -0.2) is 0 Å². The number of carbonyl (C=O) groups excluding carboxylic acids is 1. The predicted octanol–water partition coefficient (Wildman–Crippen LogP) is 4.42. The van der Waals surface area contributed by atoms with E-state index in [4.69, 9.17) is 18.9 Å². The van der Waals surface area contributed by atoms with E-state index in [9.17, 15) is 9.90 Å². The summed E-state index contributed by atoms with van der Waals surface area (Å²) in [5.74, 6) is 1.59. The standard InChI is InChI=1S/C23H26O6/c1-26-18-11-10-15-16(8-6-5-7-9-17(15)22(18)25)21(24)14-12-19(27-2)23(29-4)20(13-14)28-3/h8,10-13,25H,5-7,9H2,1-4H3/b16-8+. The van der Waals surface area contributed by atoms with Gasteiger partial charge in [-0.05, 0) is 49.4 Å². The van der Waals surface area contributed by atoms with E-state index < -0.39 is 0 Å². The first-order valence-electron chi connectivity index (χ1n) is 9.49. The molecule has 6 heteroatoms. The van der Waals surface area contributed by atoms with Crippen molar-refractivity contribution in [2.45, 2.75) is 25.7 Å². The molecule has 0 heterocycles. The summed E-state index contributed by atoms with van der Waals surface area (Å²) >= 11 is 0. The molecule has 154 valence electrons. The monoisotopic (exact) mass is 398 g/mol. The van der Waals surface area contributed by atoms with Gasteiger partial charge >= 0.3 is 0 Å². The van der Waals surface area contributed by atoms with E-state index in [0.29, 0.717) is 40.6 Å². The minimum absolute atomic E-state index is 0.0930. The molecule has 6 nitrogen and oxygen atoms in total. The molecule has 0 aromatic heterocycles. The van der Waals surface area contributed by atoms with Crippen LogP contribution in [-0.2, 0) is 6.42 Å². The molecule has 29 heavy (non-hydrogen) atoms. The zero-order valence-corrected chi connectivity index (χ0v) is 17.2. The first kappa shape index (κ1) is 20.6. The van der Waals surface area contributed by atoms with Crippen molar-refractivity contribution in [1.82, 2.24) is 0 Å². The minimum atomic E-state index is -0.169. The fourth-order valence-corrected chi connectivity index (χ4v) is 3.67. The average molecular weight is 398 g/mol. The highest BCUT2D eigenvalue weighted by atomic mass is 16.5. The molecule has 2 aromatic rings. The lowest BCUT2D eigenvalue weighted by Crippen LogP contribution is -2.09. The second-order valence-corrected chi connectivity index (χ2v) is 6.75. The molecule has 0 bridgehead atoms. The van der Waals surface area contributed by atoms with Crippen LogP contribution in [0.2, 0.25) is 0 Å². The van der Waals surface area contributed by atoms with Gasteiger partial charge in [0.15, 0.2) is 28.8 Å². The molecule has 3 rings (SSSR count). The Hall–Kier alpha value is -3.15. The van der Waals surface area contributed by atoms with Gasteiger partial charge in [-0.15, -0.1) is 0 Å². The zero-order chi connectivity index (χ0) is 21.0. The van der Waals surface area contributed by atoms with Crippen molar-refractivity contribution in [1.29, 1.82) is 0 Å². The number of methoxy groups -OCH3 is 4. The summed E-state index contributed by atoms with van der Waals surface area (Å²) in [7, 11) is 6.06. The summed E-state index contributed by atoms with van der Waals surface area (Å²) in [6.07, 6.45) is 5.27. The van der Waals surface area contributed by atoms with Crippen LogP contribution in [0.25, 0.3) is 5.57 Å². The van der Waals surface area contributed by atoms with Crippen LogP contribution in [0, 0.1) is 0 Å². The summed E-state index contributed by atoms with van der Waals surface area (Å²) < 4.78 is 21.4. The highest BCUT2D eigenvalue weighted by molar-refractivity contribution is 6.29. The summed E-state index contributed by atoms with van der Waals surface area (Å²) in [6.45, 7) is 0. The van der Waals surface area contributed by atoms with Crippen LogP contribution in [0.3, 0.4) is 0 Å². The van der Waals surface area contributed by atoms with E-state index in [1.807, 2.05) is 12.1 Å². The zero-order valence-electron chi connectivity index (χ0n) is 17.2. The Labute approximate surface area is 170 Å². The summed E-state index contributed by atoms with van der Waals surface area (Å²) in [4.78, 5) is 13.5. The van der Waals surface area contributed by atoms with Crippen molar-refractivity contribution in [3.8, 4) is 28.7 Å². The third-order valence-electron chi connectivity index (χ3n) is 5.16. The van der Waals surface area contributed by atoms with Gasteiger partial charge in [0, 0.05) is 16.7 Å². The number of phenolic OH excluding ortho intramolecular Hbond substituents is 1. The van der Waals surface area contributed by atoms with Crippen LogP contribution in [0.1, 0.15) is 40.7 Å². The number of hydrogen-bond acceptors (Lipinski definition) is 6. The van der Waals surface area contributed by atoms with Crippen molar-refractivity contribution in [2.75, 3.05) is 28.4 Å². The Kier molecular flexibility index (Phi) is 6.32. The van der Waals surface area contributed by atoms with Gasteiger partial charge in [-0.2, -0.15) is 0 Å². The number of rotatable bonds is 6. The summed E-state index contributed by atoms with van der Waals surface area (Å²) in [6, 6.07) is 6.81. The lowest BCUT2D eigenvalue weighted by molar-refractivity contribution is 0.105. The number of carbonyl (C=O) groups is 1. The Morgan fingerprint density at radius 3 is 2.14 bits per heavy atom. The number of phenols is 1. The van der Waals surface area contributed by atoms with Gasteiger partial charge in [0.05, 0.1) is 28.4 Å². The molecular weight excluding hydrogens is 372 g/mol. The molecule has 1 N–H and O–H groups in total. The van der Waals surface area contributed by atoms with Gasteiger partial charge in [0.1, 0.15) is 0 Å². The van der Waals surface area contributed by atoms with Crippen molar-refractivity contribution in [2.24, 2.45) is 0 Å². The van der Waals surface area contributed by atoms with Gasteiger partial charge in [-0.3, -0.25) is 4.79 Å². The SMILES string of the molecule is COc1ccc2c(c1O)CCCC/C=C\2C(=O)c1cc(OC)c(OC)c(OC)c1. The minimum Gasteiger partial charge on any atom is -0.504 e. The highest BCUT2D eigenvalue weighted by Crippen LogP contribution is 2.41. The van der Waals surface area contributed by atoms with Crippen molar-refractivity contribution >= 4 is 11.4 Å². The van der Waals surface area contributed by atoms with Gasteiger partial charge in [-0.1, -0.05) is 12.1 Å². The molecule has 0 unspecified atom stereocenters. The molecular formula is C23H26O6. The van der Waals surface area contributed by atoms with E-state index in [1.165, 1.54) is 28.4 Å². The van der Waals surface area contributed by atoms with Crippen LogP contribution < -0.4 is 18.9 Å². The maximum absolute atomic E-state index is 13.5. The maximum Gasteiger partial charge on any atom is 0.203 e. The van der Waals surface area contributed by atoms with Gasteiger partial charge in [0.2, 0.25) is 5.75 Å². The van der Waals surface area contributed by atoms with Crippen molar-refractivity contribution in [3.05, 3.63) is 47.0 Å². The number of hydrogen-bond donors (Lipinski definition) is 1. The van der Waals surface area contributed by atoms with E-state index in [-0.39, 0.29) is 11.5 Å². The van der Waals surface area contributed by atoms with Crippen LogP contribution in [0.5, 0.6) is 28.7 Å². The van der Waals surface area contributed by atoms with Crippen molar-refractivity contribution in [3.63, 3.8) is 0 Å². The van der Waals surface area contributed by atoms with Crippen LogP contribution in [0.15, 0.2) is 30.3 Å². The van der Waals surface area contributed by atoms with Crippen LogP contribution in [0.4, 0.5) is 0 Å². The van der Waals surface area contributed by atoms with Crippen molar-refractivity contribution < 1.29 is 28.8 Å². The lowest BCUT2D eigenvalue weighted by Gasteiger charge is -2.19. The Bertz CT molecular complexity index is 920. The second-order valence-electron chi connectivity index (χ2n) is 6.75. The normalized spacial score (nSPS) is 15.2. The number of ether oxygens (including phenoxy) is 4. The maximum atomic E-state index is 13.5. The van der Waals surface area contributed by atoms with Gasteiger partial charge in [0.25, 0.3) is 0 Å². The Morgan fingerprint density at radius 2 is 1.55 bits per heavy atom. The van der Waals surface area contributed by atoms with E-state index in [0.717, 1.165) is 30.4 Å². The number of fused-ring (bicyclic) bond motifs is 1. The first-order chi connectivity index (χ1) is 14.0. The molecule has 0 radical (unpaired) electrons.